The maximum atomic E-state index is 12.9. The number of rotatable bonds is 5. The van der Waals surface area contributed by atoms with Crippen molar-refractivity contribution in [3.63, 3.8) is 0 Å². The molecule has 0 bridgehead atoms. The first-order chi connectivity index (χ1) is 12.9. The second-order valence-electron chi connectivity index (χ2n) is 5.30. The lowest BCUT2D eigenvalue weighted by molar-refractivity contribution is -0.137. The van der Waals surface area contributed by atoms with Gasteiger partial charge in [-0.2, -0.15) is 13.2 Å². The molecule has 5 nitrogen and oxygen atoms in total. The smallest absolute Gasteiger partial charge is 0.416 e. The molecule has 0 atom stereocenters. The van der Waals surface area contributed by atoms with Crippen LogP contribution >= 0.6 is 11.6 Å². The van der Waals surface area contributed by atoms with Gasteiger partial charge in [-0.3, -0.25) is 9.69 Å². The molecule has 1 amide bonds. The highest BCUT2D eigenvalue weighted by Gasteiger charge is 2.30. The quantitative estimate of drug-likeness (QED) is 0.556. The van der Waals surface area contributed by atoms with Crippen LogP contribution in [0.3, 0.4) is 0 Å². The molecule has 2 aromatic carbocycles. The first kappa shape index (κ1) is 18.7. The number of ether oxygens (including phenoxy) is 1. The largest absolute Gasteiger partial charge is 0.436 e. The standard InChI is InChI=1S/C18H11ClF3N3O2/c19-16-10-15(25(11-26)13-6-2-1-3-7-13)17(24-23-16)27-14-8-4-5-12(9-14)18(20,21)22/h1-11H. The van der Waals surface area contributed by atoms with E-state index in [4.69, 9.17) is 16.3 Å². The van der Waals surface area contributed by atoms with Gasteiger partial charge in [-0.25, -0.2) is 0 Å². The van der Waals surface area contributed by atoms with Gasteiger partial charge in [-0.15, -0.1) is 10.2 Å². The Morgan fingerprint density at radius 1 is 1.00 bits per heavy atom. The first-order valence-corrected chi connectivity index (χ1v) is 7.94. The van der Waals surface area contributed by atoms with Crippen LogP contribution in [0.4, 0.5) is 24.5 Å². The van der Waals surface area contributed by atoms with Gasteiger partial charge in [0.15, 0.2) is 5.15 Å². The van der Waals surface area contributed by atoms with Gasteiger partial charge in [0.25, 0.3) is 5.88 Å². The second-order valence-corrected chi connectivity index (χ2v) is 5.68. The molecular weight excluding hydrogens is 383 g/mol. The van der Waals surface area contributed by atoms with Crippen LogP contribution in [0.2, 0.25) is 5.15 Å². The number of benzene rings is 2. The molecule has 0 spiro atoms. The van der Waals surface area contributed by atoms with Crippen molar-refractivity contribution in [2.75, 3.05) is 4.90 Å². The van der Waals surface area contributed by atoms with Gasteiger partial charge in [-0.05, 0) is 30.3 Å². The Kier molecular flexibility index (Phi) is 5.27. The van der Waals surface area contributed by atoms with Gasteiger partial charge in [0.2, 0.25) is 6.41 Å². The van der Waals surface area contributed by atoms with Crippen LogP contribution in [0.1, 0.15) is 5.56 Å². The van der Waals surface area contributed by atoms with E-state index in [-0.39, 0.29) is 22.5 Å². The number of hydrogen-bond donors (Lipinski definition) is 0. The molecule has 1 heterocycles. The van der Waals surface area contributed by atoms with Crippen LogP contribution in [0.25, 0.3) is 0 Å². The Bertz CT molecular complexity index is 952. The highest BCUT2D eigenvalue weighted by atomic mass is 35.5. The number of anilines is 2. The van der Waals surface area contributed by atoms with E-state index in [1.165, 1.54) is 23.1 Å². The molecule has 0 aliphatic rings. The van der Waals surface area contributed by atoms with E-state index in [9.17, 15) is 18.0 Å². The molecule has 3 aromatic rings. The summed E-state index contributed by atoms with van der Waals surface area (Å²) < 4.78 is 44.1. The molecule has 0 aliphatic heterocycles. The van der Waals surface area contributed by atoms with E-state index in [1.807, 2.05) is 0 Å². The topological polar surface area (TPSA) is 55.3 Å². The van der Waals surface area contributed by atoms with Crippen LogP contribution in [-0.2, 0) is 11.0 Å². The third-order valence-electron chi connectivity index (χ3n) is 3.49. The number of amides is 1. The fourth-order valence-electron chi connectivity index (χ4n) is 2.29. The van der Waals surface area contributed by atoms with Gasteiger partial charge in [-0.1, -0.05) is 35.9 Å². The number of aromatic nitrogens is 2. The number of nitrogens with zero attached hydrogens (tertiary/aromatic N) is 3. The average Bonchev–Trinajstić information content (AvgIpc) is 2.65. The van der Waals surface area contributed by atoms with Crippen LogP contribution in [-0.4, -0.2) is 16.6 Å². The maximum Gasteiger partial charge on any atom is 0.416 e. The molecule has 9 heteroatoms. The monoisotopic (exact) mass is 393 g/mol. The van der Waals surface area contributed by atoms with Crippen molar-refractivity contribution >= 4 is 29.4 Å². The average molecular weight is 394 g/mol. The molecule has 0 saturated carbocycles. The Balaban J connectivity index is 2.01. The molecule has 3 rings (SSSR count). The predicted molar refractivity (Wildman–Crippen MR) is 93.2 cm³/mol. The maximum absolute atomic E-state index is 12.9. The molecular formula is C18H11ClF3N3O2. The summed E-state index contributed by atoms with van der Waals surface area (Å²) in [5.41, 5.74) is -0.252. The van der Waals surface area contributed by atoms with E-state index < -0.39 is 11.7 Å². The highest BCUT2D eigenvalue weighted by Crippen LogP contribution is 2.37. The SMILES string of the molecule is O=CN(c1ccccc1)c1cc(Cl)nnc1Oc1cccc(C(F)(F)F)c1. The Labute approximate surface area is 157 Å². The number of halogens is 4. The zero-order chi connectivity index (χ0) is 19.4. The third kappa shape index (κ3) is 4.35. The third-order valence-corrected chi connectivity index (χ3v) is 3.67. The number of carbonyl (C=O) groups excluding carboxylic acids is 1. The van der Waals surface area contributed by atoms with E-state index in [1.54, 1.807) is 30.3 Å². The van der Waals surface area contributed by atoms with Crippen LogP contribution < -0.4 is 9.64 Å². The van der Waals surface area contributed by atoms with Crippen LogP contribution in [0.5, 0.6) is 11.6 Å². The zero-order valence-corrected chi connectivity index (χ0v) is 14.3. The van der Waals surface area contributed by atoms with E-state index in [0.717, 1.165) is 12.1 Å². The van der Waals surface area contributed by atoms with Crippen molar-refractivity contribution in [3.05, 3.63) is 71.4 Å². The number of hydrogen-bond acceptors (Lipinski definition) is 4. The molecule has 0 N–H and O–H groups in total. The molecule has 0 aliphatic carbocycles. The Morgan fingerprint density at radius 3 is 2.41 bits per heavy atom. The Hall–Kier alpha value is -3.13. The van der Waals surface area contributed by atoms with E-state index in [0.29, 0.717) is 12.1 Å². The van der Waals surface area contributed by atoms with E-state index in [2.05, 4.69) is 10.2 Å². The minimum atomic E-state index is -4.52. The van der Waals surface area contributed by atoms with Crippen LogP contribution in [0.15, 0.2) is 60.7 Å². The lowest BCUT2D eigenvalue weighted by atomic mass is 10.2. The van der Waals surface area contributed by atoms with Crippen molar-refractivity contribution in [2.24, 2.45) is 0 Å². The van der Waals surface area contributed by atoms with Crippen molar-refractivity contribution < 1.29 is 22.7 Å². The summed E-state index contributed by atoms with van der Waals surface area (Å²) >= 11 is 5.87. The minimum absolute atomic E-state index is 0.0100. The number of para-hydroxylation sites is 1. The van der Waals surface area contributed by atoms with Crippen molar-refractivity contribution in [2.45, 2.75) is 6.18 Å². The number of carbonyl (C=O) groups is 1. The van der Waals surface area contributed by atoms with Crippen molar-refractivity contribution in [1.82, 2.24) is 10.2 Å². The summed E-state index contributed by atoms with van der Waals surface area (Å²) in [6.45, 7) is 0. The summed E-state index contributed by atoms with van der Waals surface area (Å²) in [6.07, 6.45) is -4.01. The molecule has 0 unspecified atom stereocenters. The lowest BCUT2D eigenvalue weighted by Crippen LogP contribution is -2.16. The number of alkyl halides is 3. The van der Waals surface area contributed by atoms with E-state index >= 15 is 0 Å². The molecule has 0 fully saturated rings. The summed E-state index contributed by atoms with van der Waals surface area (Å²) in [5, 5.41) is 7.41. The van der Waals surface area contributed by atoms with Gasteiger partial charge >= 0.3 is 6.18 Å². The summed E-state index contributed by atoms with van der Waals surface area (Å²) in [7, 11) is 0. The van der Waals surface area contributed by atoms with Gasteiger partial charge in [0.05, 0.1) is 5.56 Å². The van der Waals surface area contributed by atoms with Crippen molar-refractivity contribution in [3.8, 4) is 11.6 Å². The summed E-state index contributed by atoms with van der Waals surface area (Å²) in [5.74, 6) is -0.281. The normalized spacial score (nSPS) is 11.1. The van der Waals surface area contributed by atoms with Gasteiger partial charge < -0.3 is 4.74 Å². The first-order valence-electron chi connectivity index (χ1n) is 7.56. The lowest BCUT2D eigenvalue weighted by Gasteiger charge is -2.20. The molecule has 0 radical (unpaired) electrons. The summed E-state index contributed by atoms with van der Waals surface area (Å²) in [4.78, 5) is 12.8. The van der Waals surface area contributed by atoms with Gasteiger partial charge in [0.1, 0.15) is 11.4 Å². The molecule has 0 saturated heterocycles. The molecule has 138 valence electrons. The second kappa shape index (κ2) is 7.63. The highest BCUT2D eigenvalue weighted by molar-refractivity contribution is 6.29. The Morgan fingerprint density at radius 2 is 1.74 bits per heavy atom. The summed E-state index contributed by atoms with van der Waals surface area (Å²) in [6, 6.07) is 14.2. The minimum Gasteiger partial charge on any atom is -0.436 e. The van der Waals surface area contributed by atoms with Crippen molar-refractivity contribution in [1.29, 1.82) is 0 Å². The fraction of sp³-hybridized carbons (Fsp3) is 0.0556. The molecule has 1 aromatic heterocycles. The predicted octanol–water partition coefficient (Wildman–Crippen LogP) is 5.24. The zero-order valence-electron chi connectivity index (χ0n) is 13.5. The fourth-order valence-corrected chi connectivity index (χ4v) is 2.43. The molecule has 27 heavy (non-hydrogen) atoms. The van der Waals surface area contributed by atoms with Crippen LogP contribution in [0, 0.1) is 0 Å². The van der Waals surface area contributed by atoms with Gasteiger partial charge in [0, 0.05) is 11.8 Å².